The van der Waals surface area contributed by atoms with E-state index in [-0.39, 0.29) is 5.89 Å². The summed E-state index contributed by atoms with van der Waals surface area (Å²) < 4.78 is 5.01. The van der Waals surface area contributed by atoms with Crippen LogP contribution in [0.5, 0.6) is 0 Å². The maximum atomic E-state index is 10.6. The van der Waals surface area contributed by atoms with Crippen molar-refractivity contribution in [3.05, 3.63) is 35.7 Å². The first-order chi connectivity index (χ1) is 8.08. The molecule has 0 saturated carbocycles. The van der Waals surface area contributed by atoms with Gasteiger partial charge in [0.05, 0.1) is 0 Å². The molecule has 0 bridgehead atoms. The summed E-state index contributed by atoms with van der Waals surface area (Å²) in [7, 11) is 0. The molecule has 5 nitrogen and oxygen atoms in total. The molecule has 0 aliphatic heterocycles. The molecule has 2 rings (SSSR count). The lowest BCUT2D eigenvalue weighted by Crippen LogP contribution is -1.95. The zero-order valence-electron chi connectivity index (χ0n) is 9.54. The van der Waals surface area contributed by atoms with Crippen LogP contribution in [0.15, 0.2) is 28.7 Å². The van der Waals surface area contributed by atoms with E-state index < -0.39 is 11.9 Å². The Kier molecular flexibility index (Phi) is 2.91. The van der Waals surface area contributed by atoms with E-state index in [1.54, 1.807) is 0 Å². The smallest absolute Gasteiger partial charge is 0.393 e. The van der Waals surface area contributed by atoms with E-state index in [9.17, 15) is 4.79 Å². The molecule has 0 unspecified atom stereocenters. The van der Waals surface area contributed by atoms with Crippen molar-refractivity contribution in [2.45, 2.75) is 19.8 Å². The third-order valence-electron chi connectivity index (χ3n) is 2.43. The third-order valence-corrected chi connectivity index (χ3v) is 2.43. The van der Waals surface area contributed by atoms with E-state index in [4.69, 9.17) is 9.52 Å². The Morgan fingerprint density at radius 3 is 2.35 bits per heavy atom. The van der Waals surface area contributed by atoms with Gasteiger partial charge in [-0.15, -0.1) is 10.2 Å². The first kappa shape index (κ1) is 11.3. The second-order valence-electron chi connectivity index (χ2n) is 3.99. The fraction of sp³-hybridized carbons (Fsp3) is 0.250. The molecule has 0 spiro atoms. The SMILES string of the molecule is CC(C)c1ccc(-c2nnc(C(=O)O)o2)cc1. The Balaban J connectivity index is 2.30. The van der Waals surface area contributed by atoms with E-state index in [1.165, 1.54) is 5.56 Å². The number of nitrogens with zero attached hydrogens (tertiary/aromatic N) is 2. The molecule has 0 amide bonds. The van der Waals surface area contributed by atoms with Crippen molar-refractivity contribution in [2.24, 2.45) is 0 Å². The maximum absolute atomic E-state index is 10.6. The number of hydrogen-bond donors (Lipinski definition) is 1. The number of carboxylic acid groups (broad SMARTS) is 1. The van der Waals surface area contributed by atoms with Crippen molar-refractivity contribution >= 4 is 5.97 Å². The minimum Gasteiger partial charge on any atom is -0.474 e. The van der Waals surface area contributed by atoms with Gasteiger partial charge in [-0.25, -0.2) is 4.79 Å². The van der Waals surface area contributed by atoms with Crippen molar-refractivity contribution in [3.8, 4) is 11.5 Å². The van der Waals surface area contributed by atoms with Crippen LogP contribution < -0.4 is 0 Å². The summed E-state index contributed by atoms with van der Waals surface area (Å²) in [5, 5.41) is 15.8. The Morgan fingerprint density at radius 2 is 1.88 bits per heavy atom. The van der Waals surface area contributed by atoms with Gasteiger partial charge in [0.2, 0.25) is 5.89 Å². The molecule has 0 aliphatic rings. The van der Waals surface area contributed by atoms with E-state index >= 15 is 0 Å². The molecule has 17 heavy (non-hydrogen) atoms. The third kappa shape index (κ3) is 2.33. The Bertz CT molecular complexity index is 529. The summed E-state index contributed by atoms with van der Waals surface area (Å²) in [5.41, 5.74) is 1.92. The van der Waals surface area contributed by atoms with Gasteiger partial charge < -0.3 is 9.52 Å². The Labute approximate surface area is 98.1 Å². The van der Waals surface area contributed by atoms with Gasteiger partial charge in [-0.1, -0.05) is 26.0 Å². The lowest BCUT2D eigenvalue weighted by atomic mass is 10.0. The normalized spacial score (nSPS) is 10.8. The van der Waals surface area contributed by atoms with Crippen LogP contribution in [0.3, 0.4) is 0 Å². The molecule has 5 heteroatoms. The Hall–Kier alpha value is -2.17. The van der Waals surface area contributed by atoms with Gasteiger partial charge >= 0.3 is 11.9 Å². The summed E-state index contributed by atoms with van der Waals surface area (Å²) >= 11 is 0. The monoisotopic (exact) mass is 232 g/mol. The molecule has 0 aliphatic carbocycles. The highest BCUT2D eigenvalue weighted by Crippen LogP contribution is 2.21. The number of carbonyl (C=O) groups is 1. The second-order valence-corrected chi connectivity index (χ2v) is 3.99. The molecule has 0 radical (unpaired) electrons. The van der Waals surface area contributed by atoms with Gasteiger partial charge in [-0.05, 0) is 23.6 Å². The molecule has 0 atom stereocenters. The number of carboxylic acids is 1. The van der Waals surface area contributed by atoms with Crippen molar-refractivity contribution in [1.29, 1.82) is 0 Å². The minimum absolute atomic E-state index is 0.220. The molecular formula is C12H12N2O3. The number of hydrogen-bond acceptors (Lipinski definition) is 4. The largest absolute Gasteiger partial charge is 0.474 e. The van der Waals surface area contributed by atoms with Crippen molar-refractivity contribution in [1.82, 2.24) is 10.2 Å². The topological polar surface area (TPSA) is 76.2 Å². The first-order valence-corrected chi connectivity index (χ1v) is 5.25. The number of aromatic carboxylic acids is 1. The summed E-state index contributed by atoms with van der Waals surface area (Å²) in [5.74, 6) is -0.950. The van der Waals surface area contributed by atoms with Crippen LogP contribution >= 0.6 is 0 Å². The quantitative estimate of drug-likeness (QED) is 0.880. The van der Waals surface area contributed by atoms with Crippen LogP contribution in [0.4, 0.5) is 0 Å². The van der Waals surface area contributed by atoms with Gasteiger partial charge in [0, 0.05) is 5.56 Å². The summed E-state index contributed by atoms with van der Waals surface area (Å²) in [6, 6.07) is 7.61. The maximum Gasteiger partial charge on any atom is 0.393 e. The minimum atomic E-state index is -1.22. The average molecular weight is 232 g/mol. The second kappa shape index (κ2) is 4.37. The standard InChI is InChI=1S/C12H12N2O3/c1-7(2)8-3-5-9(6-4-8)10-13-14-11(17-10)12(15)16/h3-7H,1-2H3,(H,15,16). The van der Waals surface area contributed by atoms with E-state index in [0.29, 0.717) is 5.92 Å². The first-order valence-electron chi connectivity index (χ1n) is 5.25. The lowest BCUT2D eigenvalue weighted by Gasteiger charge is -2.04. The zero-order chi connectivity index (χ0) is 12.4. The molecule has 0 saturated heterocycles. The van der Waals surface area contributed by atoms with Gasteiger partial charge in [0.1, 0.15) is 0 Å². The fourth-order valence-electron chi connectivity index (χ4n) is 1.44. The van der Waals surface area contributed by atoms with Crippen molar-refractivity contribution in [3.63, 3.8) is 0 Å². The predicted octanol–water partition coefficient (Wildman–Crippen LogP) is 2.56. The van der Waals surface area contributed by atoms with E-state index in [0.717, 1.165) is 5.56 Å². The number of rotatable bonds is 3. The van der Waals surface area contributed by atoms with E-state index in [2.05, 4.69) is 24.0 Å². The molecular weight excluding hydrogens is 220 g/mol. The van der Waals surface area contributed by atoms with Gasteiger partial charge in [0.15, 0.2) is 0 Å². The lowest BCUT2D eigenvalue weighted by molar-refractivity contribution is 0.0654. The fourth-order valence-corrected chi connectivity index (χ4v) is 1.44. The zero-order valence-corrected chi connectivity index (χ0v) is 9.54. The van der Waals surface area contributed by atoms with Crippen LogP contribution in [-0.4, -0.2) is 21.3 Å². The molecule has 2 aromatic rings. The summed E-state index contributed by atoms with van der Waals surface area (Å²) in [6.07, 6.45) is 0. The van der Waals surface area contributed by atoms with Crippen LogP contribution in [0.2, 0.25) is 0 Å². The van der Waals surface area contributed by atoms with E-state index in [1.807, 2.05) is 24.3 Å². The molecule has 1 N–H and O–H groups in total. The average Bonchev–Trinajstić information content (AvgIpc) is 2.78. The van der Waals surface area contributed by atoms with Crippen LogP contribution in [0.1, 0.15) is 36.0 Å². The number of aromatic nitrogens is 2. The summed E-state index contributed by atoms with van der Waals surface area (Å²) in [4.78, 5) is 10.6. The molecule has 1 heterocycles. The molecule has 0 fully saturated rings. The van der Waals surface area contributed by atoms with Gasteiger partial charge in [-0.3, -0.25) is 0 Å². The molecule has 88 valence electrons. The predicted molar refractivity (Wildman–Crippen MR) is 60.8 cm³/mol. The van der Waals surface area contributed by atoms with Gasteiger partial charge in [0.25, 0.3) is 0 Å². The molecule has 1 aromatic heterocycles. The highest BCUT2D eigenvalue weighted by atomic mass is 16.4. The van der Waals surface area contributed by atoms with Crippen molar-refractivity contribution < 1.29 is 14.3 Å². The molecule has 1 aromatic carbocycles. The van der Waals surface area contributed by atoms with Gasteiger partial charge in [-0.2, -0.15) is 0 Å². The van der Waals surface area contributed by atoms with Crippen molar-refractivity contribution in [2.75, 3.05) is 0 Å². The highest BCUT2D eigenvalue weighted by molar-refractivity contribution is 5.82. The van der Waals surface area contributed by atoms with Crippen LogP contribution in [0.25, 0.3) is 11.5 Å². The van der Waals surface area contributed by atoms with Crippen LogP contribution in [0, 0.1) is 0 Å². The van der Waals surface area contributed by atoms with Crippen LogP contribution in [-0.2, 0) is 0 Å². The number of benzene rings is 1. The highest BCUT2D eigenvalue weighted by Gasteiger charge is 2.14. The Morgan fingerprint density at radius 1 is 1.24 bits per heavy atom. The summed E-state index contributed by atoms with van der Waals surface area (Å²) in [6.45, 7) is 4.20.